The van der Waals surface area contributed by atoms with Gasteiger partial charge in [-0.3, -0.25) is 9.78 Å². The summed E-state index contributed by atoms with van der Waals surface area (Å²) in [6, 6.07) is 9.08. The topological polar surface area (TPSA) is 65.5 Å². The number of hydrogen-bond donors (Lipinski definition) is 2. The molecule has 20 heavy (non-hydrogen) atoms. The summed E-state index contributed by atoms with van der Waals surface area (Å²) in [5, 5.41) is 13.9. The summed E-state index contributed by atoms with van der Waals surface area (Å²) < 4.78 is 0. The van der Waals surface area contributed by atoms with Crippen molar-refractivity contribution >= 4 is 16.8 Å². The fourth-order valence-electron chi connectivity index (χ4n) is 2.61. The van der Waals surface area contributed by atoms with Crippen molar-refractivity contribution in [3.8, 4) is 0 Å². The molecule has 3 rings (SSSR count). The summed E-state index contributed by atoms with van der Waals surface area (Å²) in [7, 11) is 1.73. The Morgan fingerprint density at radius 3 is 3.00 bits per heavy atom. The first-order valence-electron chi connectivity index (χ1n) is 6.67. The first kappa shape index (κ1) is 13.0. The Labute approximate surface area is 117 Å². The standard InChI is InChI=1S/C15H17N3O2/c1-18(13-8-16-9-14(13)19)15(20)11-4-5-12-10(7-11)3-2-6-17-12/h2-7,13-14,16,19H,8-9H2,1H3/t13-,14-/m1/s1. The number of amides is 1. The fraction of sp³-hybridized carbons (Fsp3) is 0.333. The van der Waals surface area contributed by atoms with E-state index < -0.39 is 6.10 Å². The number of β-amino-alcohol motifs (C(OH)–C–C–N with tert-alkyl or cyclic N) is 1. The van der Waals surface area contributed by atoms with Crippen LogP contribution in [0.5, 0.6) is 0 Å². The highest BCUT2D eigenvalue weighted by Crippen LogP contribution is 2.17. The van der Waals surface area contributed by atoms with Gasteiger partial charge in [-0.05, 0) is 24.3 Å². The highest BCUT2D eigenvalue weighted by molar-refractivity contribution is 5.98. The van der Waals surface area contributed by atoms with Gasteiger partial charge < -0.3 is 15.3 Å². The maximum atomic E-state index is 12.5. The van der Waals surface area contributed by atoms with Gasteiger partial charge in [0.25, 0.3) is 5.91 Å². The lowest BCUT2D eigenvalue weighted by molar-refractivity contribution is 0.0581. The van der Waals surface area contributed by atoms with Crippen molar-refractivity contribution in [1.29, 1.82) is 0 Å². The number of nitrogens with zero attached hydrogens (tertiary/aromatic N) is 2. The molecule has 0 aliphatic carbocycles. The van der Waals surface area contributed by atoms with Crippen molar-refractivity contribution in [2.45, 2.75) is 12.1 Å². The normalized spacial score (nSPS) is 22.1. The monoisotopic (exact) mass is 271 g/mol. The second-order valence-electron chi connectivity index (χ2n) is 5.12. The molecule has 0 bridgehead atoms. The van der Waals surface area contributed by atoms with Crippen molar-refractivity contribution in [2.75, 3.05) is 20.1 Å². The Morgan fingerprint density at radius 1 is 1.40 bits per heavy atom. The molecule has 0 unspecified atom stereocenters. The lowest BCUT2D eigenvalue weighted by atomic mass is 10.1. The molecule has 2 N–H and O–H groups in total. The van der Waals surface area contributed by atoms with Gasteiger partial charge in [0.05, 0.1) is 17.7 Å². The highest BCUT2D eigenvalue weighted by Gasteiger charge is 2.31. The number of pyridine rings is 1. The third-order valence-electron chi connectivity index (χ3n) is 3.82. The zero-order valence-electron chi connectivity index (χ0n) is 11.3. The minimum Gasteiger partial charge on any atom is -0.390 e. The largest absolute Gasteiger partial charge is 0.390 e. The van der Waals surface area contributed by atoms with Crippen LogP contribution in [0.25, 0.3) is 10.9 Å². The van der Waals surface area contributed by atoms with Crippen LogP contribution in [0.15, 0.2) is 36.5 Å². The molecular formula is C15H17N3O2. The smallest absolute Gasteiger partial charge is 0.254 e. The van der Waals surface area contributed by atoms with Gasteiger partial charge in [0.15, 0.2) is 0 Å². The first-order valence-corrected chi connectivity index (χ1v) is 6.67. The average Bonchev–Trinajstić information content (AvgIpc) is 2.91. The summed E-state index contributed by atoms with van der Waals surface area (Å²) in [6.45, 7) is 1.16. The van der Waals surface area contributed by atoms with Gasteiger partial charge in [-0.15, -0.1) is 0 Å². The Hall–Kier alpha value is -1.98. The minimum absolute atomic E-state index is 0.0801. The molecule has 1 fully saturated rings. The first-order chi connectivity index (χ1) is 9.66. The number of aromatic nitrogens is 1. The van der Waals surface area contributed by atoms with Gasteiger partial charge in [-0.2, -0.15) is 0 Å². The molecule has 1 amide bonds. The number of aliphatic hydroxyl groups is 1. The van der Waals surface area contributed by atoms with Gasteiger partial charge >= 0.3 is 0 Å². The van der Waals surface area contributed by atoms with E-state index in [1.807, 2.05) is 24.3 Å². The maximum Gasteiger partial charge on any atom is 0.254 e. The maximum absolute atomic E-state index is 12.5. The zero-order chi connectivity index (χ0) is 14.1. The molecule has 5 nitrogen and oxygen atoms in total. The van der Waals surface area contributed by atoms with Crippen LogP contribution in [-0.4, -0.2) is 53.2 Å². The summed E-state index contributed by atoms with van der Waals surface area (Å²) >= 11 is 0. The summed E-state index contributed by atoms with van der Waals surface area (Å²) in [6.07, 6.45) is 1.22. The summed E-state index contributed by atoms with van der Waals surface area (Å²) in [5.74, 6) is -0.0801. The van der Waals surface area contributed by atoms with Crippen molar-refractivity contribution in [3.63, 3.8) is 0 Å². The fourth-order valence-corrected chi connectivity index (χ4v) is 2.61. The van der Waals surface area contributed by atoms with Crippen LogP contribution in [0.3, 0.4) is 0 Å². The van der Waals surface area contributed by atoms with Crippen LogP contribution in [0, 0.1) is 0 Å². The average molecular weight is 271 g/mol. The van der Waals surface area contributed by atoms with E-state index in [1.165, 1.54) is 0 Å². The molecule has 1 aromatic heterocycles. The molecule has 2 heterocycles. The van der Waals surface area contributed by atoms with E-state index in [0.29, 0.717) is 18.7 Å². The molecule has 2 atom stereocenters. The number of carbonyl (C=O) groups is 1. The van der Waals surface area contributed by atoms with Gasteiger partial charge in [0.1, 0.15) is 0 Å². The minimum atomic E-state index is -0.508. The van der Waals surface area contributed by atoms with Crippen molar-refractivity contribution < 1.29 is 9.90 Å². The van der Waals surface area contributed by atoms with Gasteiger partial charge in [-0.25, -0.2) is 0 Å². The van der Waals surface area contributed by atoms with Gasteiger partial charge in [0, 0.05) is 37.3 Å². The number of rotatable bonds is 2. The predicted octanol–water partition coefficient (Wildman–Crippen LogP) is 0.639. The zero-order valence-corrected chi connectivity index (χ0v) is 11.3. The number of carbonyl (C=O) groups excluding carboxylic acids is 1. The molecule has 1 aromatic carbocycles. The molecule has 1 saturated heterocycles. The molecule has 104 valence electrons. The molecule has 1 aliphatic heterocycles. The second kappa shape index (κ2) is 5.19. The van der Waals surface area contributed by atoms with Crippen LogP contribution in [0.2, 0.25) is 0 Å². The van der Waals surface area contributed by atoms with E-state index in [0.717, 1.165) is 10.9 Å². The Bertz CT molecular complexity index is 644. The number of likely N-dealkylation sites (N-methyl/N-ethyl adjacent to an activating group) is 1. The van der Waals surface area contributed by atoms with E-state index >= 15 is 0 Å². The molecule has 2 aromatic rings. The number of aliphatic hydroxyl groups excluding tert-OH is 1. The number of benzene rings is 1. The Balaban J connectivity index is 1.88. The molecule has 0 radical (unpaired) electrons. The molecule has 0 saturated carbocycles. The van der Waals surface area contributed by atoms with E-state index in [1.54, 1.807) is 24.2 Å². The van der Waals surface area contributed by atoms with E-state index in [2.05, 4.69) is 10.3 Å². The van der Waals surface area contributed by atoms with E-state index in [9.17, 15) is 9.90 Å². The highest BCUT2D eigenvalue weighted by atomic mass is 16.3. The van der Waals surface area contributed by atoms with Crippen LogP contribution < -0.4 is 5.32 Å². The summed E-state index contributed by atoms with van der Waals surface area (Å²) in [4.78, 5) is 18.3. The second-order valence-corrected chi connectivity index (χ2v) is 5.12. The molecule has 5 heteroatoms. The number of nitrogens with one attached hydrogen (secondary N) is 1. The Morgan fingerprint density at radius 2 is 2.25 bits per heavy atom. The van der Waals surface area contributed by atoms with Crippen LogP contribution in [0.4, 0.5) is 0 Å². The number of fused-ring (bicyclic) bond motifs is 1. The lowest BCUT2D eigenvalue weighted by Crippen LogP contribution is -2.44. The van der Waals surface area contributed by atoms with Crippen LogP contribution in [-0.2, 0) is 0 Å². The van der Waals surface area contributed by atoms with E-state index in [4.69, 9.17) is 0 Å². The number of hydrogen-bond acceptors (Lipinski definition) is 4. The van der Waals surface area contributed by atoms with Crippen LogP contribution in [0.1, 0.15) is 10.4 Å². The van der Waals surface area contributed by atoms with Crippen molar-refractivity contribution in [3.05, 3.63) is 42.1 Å². The third-order valence-corrected chi connectivity index (χ3v) is 3.82. The lowest BCUT2D eigenvalue weighted by Gasteiger charge is -2.26. The van der Waals surface area contributed by atoms with Crippen molar-refractivity contribution in [1.82, 2.24) is 15.2 Å². The molecular weight excluding hydrogens is 254 g/mol. The summed E-state index contributed by atoms with van der Waals surface area (Å²) in [5.41, 5.74) is 1.49. The van der Waals surface area contributed by atoms with E-state index in [-0.39, 0.29) is 11.9 Å². The molecule has 1 aliphatic rings. The Kier molecular flexibility index (Phi) is 3.38. The third kappa shape index (κ3) is 2.26. The van der Waals surface area contributed by atoms with Gasteiger partial charge in [0.2, 0.25) is 0 Å². The van der Waals surface area contributed by atoms with Gasteiger partial charge in [-0.1, -0.05) is 6.07 Å². The SMILES string of the molecule is CN(C(=O)c1ccc2ncccc2c1)[C@@H]1CNC[C@H]1O. The predicted molar refractivity (Wildman–Crippen MR) is 76.5 cm³/mol. The molecule has 0 spiro atoms. The quantitative estimate of drug-likeness (QED) is 0.841. The van der Waals surface area contributed by atoms with Crippen LogP contribution >= 0.6 is 0 Å². The van der Waals surface area contributed by atoms with Crippen molar-refractivity contribution in [2.24, 2.45) is 0 Å².